The summed E-state index contributed by atoms with van der Waals surface area (Å²) < 4.78 is 9.74. The van der Waals surface area contributed by atoms with Crippen LogP contribution in [-0.4, -0.2) is 37.0 Å². The number of hydrogen-bond acceptors (Lipinski definition) is 6. The maximum atomic E-state index is 12.6. The van der Waals surface area contributed by atoms with Crippen molar-refractivity contribution in [3.63, 3.8) is 0 Å². The van der Waals surface area contributed by atoms with Gasteiger partial charge in [0, 0.05) is 17.9 Å². The van der Waals surface area contributed by atoms with Crippen LogP contribution in [-0.2, 0) is 19.1 Å². The lowest BCUT2D eigenvalue weighted by atomic mass is 10.1. The number of esters is 1. The monoisotopic (exact) mass is 358 g/mol. The van der Waals surface area contributed by atoms with E-state index >= 15 is 0 Å². The topological polar surface area (TPSA) is 106 Å². The first kappa shape index (κ1) is 17.7. The van der Waals surface area contributed by atoms with E-state index in [4.69, 9.17) is 4.42 Å². The molecule has 1 aromatic heterocycles. The number of hydrogen-bond donors (Lipinski definition) is 1. The number of ether oxygens (including phenoxy) is 1. The lowest BCUT2D eigenvalue weighted by molar-refractivity contribution is -0.144. The van der Waals surface area contributed by atoms with Gasteiger partial charge in [0.1, 0.15) is 17.7 Å². The maximum absolute atomic E-state index is 12.6. The number of fused-ring (bicyclic) bond motifs is 1. The molecule has 0 aliphatic carbocycles. The molecule has 0 radical (unpaired) electrons. The molecule has 2 aromatic rings. The zero-order valence-electron chi connectivity index (χ0n) is 14.4. The first-order chi connectivity index (χ1) is 12.4. The molecule has 1 aliphatic rings. The zero-order valence-corrected chi connectivity index (χ0v) is 14.4. The average Bonchev–Trinajstić information content (AvgIpc) is 3.01. The molecule has 1 aromatic carbocycles. The van der Waals surface area contributed by atoms with Crippen molar-refractivity contribution < 1.29 is 23.5 Å². The number of benzene rings is 1. The largest absolute Gasteiger partial charge is 0.467 e. The van der Waals surface area contributed by atoms with Crippen molar-refractivity contribution in [1.82, 2.24) is 5.32 Å². The van der Waals surface area contributed by atoms with Crippen LogP contribution in [0.3, 0.4) is 0 Å². The van der Waals surface area contributed by atoms with Crippen LogP contribution in [0.1, 0.15) is 19.8 Å². The Morgan fingerprint density at radius 3 is 2.77 bits per heavy atom. The van der Waals surface area contributed by atoms with E-state index in [2.05, 4.69) is 10.1 Å². The summed E-state index contributed by atoms with van der Waals surface area (Å²) in [5.41, 5.74) is 0.0440. The molecular formula is C18H18N2O6. The SMILES string of the molecule is COC(=O)[C@H](C)NC(=O)[C@@H]1CCC(=O)N1c1cc(=O)oc2ccccc12. The molecule has 2 heterocycles. The maximum Gasteiger partial charge on any atom is 0.338 e. The third kappa shape index (κ3) is 3.17. The molecule has 136 valence electrons. The highest BCUT2D eigenvalue weighted by atomic mass is 16.5. The van der Waals surface area contributed by atoms with Gasteiger partial charge in [-0.2, -0.15) is 0 Å². The van der Waals surface area contributed by atoms with E-state index in [9.17, 15) is 19.2 Å². The molecule has 1 aliphatic heterocycles. The molecule has 8 heteroatoms. The summed E-state index contributed by atoms with van der Waals surface area (Å²) in [7, 11) is 1.23. The predicted octanol–water partition coefficient (Wildman–Crippen LogP) is 0.966. The molecule has 26 heavy (non-hydrogen) atoms. The van der Waals surface area contributed by atoms with E-state index in [0.29, 0.717) is 16.7 Å². The minimum atomic E-state index is -0.845. The number of anilines is 1. The first-order valence-electron chi connectivity index (χ1n) is 8.15. The number of carbonyl (C=O) groups is 3. The summed E-state index contributed by atoms with van der Waals surface area (Å²) in [5, 5.41) is 3.10. The molecule has 1 N–H and O–H groups in total. The number of para-hydroxylation sites is 1. The minimum absolute atomic E-state index is 0.166. The van der Waals surface area contributed by atoms with Crippen LogP contribution in [0.4, 0.5) is 5.69 Å². The minimum Gasteiger partial charge on any atom is -0.467 e. The fraction of sp³-hybridized carbons (Fsp3) is 0.333. The summed E-state index contributed by atoms with van der Waals surface area (Å²) >= 11 is 0. The second-order valence-electron chi connectivity index (χ2n) is 6.02. The van der Waals surface area contributed by atoms with Crippen LogP contribution in [0.2, 0.25) is 0 Å². The number of nitrogens with zero attached hydrogens (tertiary/aromatic N) is 1. The Labute approximate surface area is 148 Å². The van der Waals surface area contributed by atoms with Gasteiger partial charge in [-0.05, 0) is 25.5 Å². The Hall–Kier alpha value is -3.16. The number of amides is 2. The van der Waals surface area contributed by atoms with Gasteiger partial charge < -0.3 is 14.5 Å². The van der Waals surface area contributed by atoms with Gasteiger partial charge in [-0.1, -0.05) is 12.1 Å². The Bertz CT molecular complexity index is 935. The van der Waals surface area contributed by atoms with Crippen LogP contribution in [0.15, 0.2) is 39.5 Å². The summed E-state index contributed by atoms with van der Waals surface area (Å²) in [4.78, 5) is 49.8. The zero-order chi connectivity index (χ0) is 18.8. The van der Waals surface area contributed by atoms with Gasteiger partial charge >= 0.3 is 11.6 Å². The number of rotatable bonds is 4. The van der Waals surface area contributed by atoms with Gasteiger partial charge in [0.2, 0.25) is 11.8 Å². The van der Waals surface area contributed by atoms with Crippen LogP contribution < -0.4 is 15.8 Å². The Morgan fingerprint density at radius 1 is 1.31 bits per heavy atom. The Balaban J connectivity index is 1.98. The molecule has 0 unspecified atom stereocenters. The average molecular weight is 358 g/mol. The first-order valence-corrected chi connectivity index (χ1v) is 8.15. The van der Waals surface area contributed by atoms with E-state index in [1.54, 1.807) is 24.3 Å². The second-order valence-corrected chi connectivity index (χ2v) is 6.02. The highest BCUT2D eigenvalue weighted by Gasteiger charge is 2.39. The van der Waals surface area contributed by atoms with Crippen LogP contribution >= 0.6 is 0 Å². The van der Waals surface area contributed by atoms with Crippen LogP contribution in [0.5, 0.6) is 0 Å². The molecular weight excluding hydrogens is 340 g/mol. The fourth-order valence-electron chi connectivity index (χ4n) is 3.07. The van der Waals surface area contributed by atoms with Crippen molar-refractivity contribution in [3.05, 3.63) is 40.8 Å². The molecule has 3 rings (SSSR count). The van der Waals surface area contributed by atoms with E-state index in [1.165, 1.54) is 25.0 Å². The quantitative estimate of drug-likeness (QED) is 0.645. The summed E-state index contributed by atoms with van der Waals surface area (Å²) in [6.07, 6.45) is 0.451. The van der Waals surface area contributed by atoms with Crippen molar-refractivity contribution in [3.8, 4) is 0 Å². The van der Waals surface area contributed by atoms with Gasteiger partial charge in [0.25, 0.3) is 0 Å². The molecule has 2 atom stereocenters. The van der Waals surface area contributed by atoms with Crippen molar-refractivity contribution in [2.75, 3.05) is 12.0 Å². The molecule has 1 saturated heterocycles. The highest BCUT2D eigenvalue weighted by Crippen LogP contribution is 2.32. The van der Waals surface area contributed by atoms with Crippen molar-refractivity contribution in [2.45, 2.75) is 31.8 Å². The predicted molar refractivity (Wildman–Crippen MR) is 92.6 cm³/mol. The van der Waals surface area contributed by atoms with Crippen molar-refractivity contribution in [2.24, 2.45) is 0 Å². The van der Waals surface area contributed by atoms with E-state index in [1.807, 2.05) is 0 Å². The molecule has 8 nitrogen and oxygen atoms in total. The summed E-state index contributed by atoms with van der Waals surface area (Å²) in [6.45, 7) is 1.50. The Kier molecular flexibility index (Phi) is 4.75. The molecule has 0 bridgehead atoms. The number of carbonyl (C=O) groups excluding carboxylic acids is 3. The third-order valence-corrected chi connectivity index (χ3v) is 4.32. The number of methoxy groups -OCH3 is 1. The van der Waals surface area contributed by atoms with Gasteiger partial charge in [0.15, 0.2) is 0 Å². The molecule has 0 saturated carbocycles. The lowest BCUT2D eigenvalue weighted by Gasteiger charge is -2.25. The van der Waals surface area contributed by atoms with E-state index in [0.717, 1.165) is 0 Å². The highest BCUT2D eigenvalue weighted by molar-refractivity contribution is 6.08. The smallest absolute Gasteiger partial charge is 0.338 e. The van der Waals surface area contributed by atoms with Crippen LogP contribution in [0.25, 0.3) is 11.0 Å². The van der Waals surface area contributed by atoms with E-state index < -0.39 is 29.6 Å². The second kappa shape index (κ2) is 6.99. The normalized spacial score (nSPS) is 18.0. The van der Waals surface area contributed by atoms with Gasteiger partial charge in [0.05, 0.1) is 12.8 Å². The van der Waals surface area contributed by atoms with Gasteiger partial charge in [-0.25, -0.2) is 9.59 Å². The number of nitrogens with one attached hydrogen (secondary N) is 1. The molecule has 1 fully saturated rings. The third-order valence-electron chi connectivity index (χ3n) is 4.32. The van der Waals surface area contributed by atoms with Gasteiger partial charge in [-0.3, -0.25) is 14.5 Å². The van der Waals surface area contributed by atoms with Gasteiger partial charge in [-0.15, -0.1) is 0 Å². The lowest BCUT2D eigenvalue weighted by Crippen LogP contribution is -2.49. The molecule has 2 amide bonds. The summed E-state index contributed by atoms with van der Waals surface area (Å²) in [6, 6.07) is 6.34. The summed E-state index contributed by atoms with van der Waals surface area (Å²) in [5.74, 6) is -1.34. The van der Waals surface area contributed by atoms with Crippen molar-refractivity contribution in [1.29, 1.82) is 0 Å². The fourth-order valence-corrected chi connectivity index (χ4v) is 3.07. The van der Waals surface area contributed by atoms with E-state index in [-0.39, 0.29) is 18.7 Å². The Morgan fingerprint density at radius 2 is 2.04 bits per heavy atom. The molecule has 0 spiro atoms. The standard InChI is InChI=1S/C18H18N2O6/c1-10(18(24)25-2)19-17(23)12-7-8-15(21)20(12)13-9-16(22)26-14-6-4-3-5-11(13)14/h3-6,9-10,12H,7-8H2,1-2H3,(H,19,23)/t10-,12-/m0/s1. The van der Waals surface area contributed by atoms with Crippen LogP contribution in [0, 0.1) is 0 Å². The van der Waals surface area contributed by atoms with Crippen molar-refractivity contribution >= 4 is 34.4 Å².